The molecule has 0 fully saturated rings. The van der Waals surface area contributed by atoms with Gasteiger partial charge in [-0.25, -0.2) is 9.67 Å². The molecule has 4 rings (SSSR count). The van der Waals surface area contributed by atoms with E-state index in [-0.39, 0.29) is 11.8 Å². The van der Waals surface area contributed by atoms with E-state index in [1.807, 2.05) is 35.9 Å². The number of fused-ring (bicyclic) bond motifs is 3. The summed E-state index contributed by atoms with van der Waals surface area (Å²) in [6.45, 7) is 11.7. The van der Waals surface area contributed by atoms with Gasteiger partial charge in [-0.3, -0.25) is 4.79 Å². The second kappa shape index (κ2) is 8.59. The zero-order chi connectivity index (χ0) is 23.0. The summed E-state index contributed by atoms with van der Waals surface area (Å²) in [5.74, 6) is 0.0569. The first-order valence-electron chi connectivity index (χ1n) is 10.5. The Morgan fingerprint density at radius 1 is 1.31 bits per heavy atom. The highest BCUT2D eigenvalue weighted by molar-refractivity contribution is 7.19. The van der Waals surface area contributed by atoms with Gasteiger partial charge in [-0.05, 0) is 37.8 Å². The molecule has 0 saturated heterocycles. The van der Waals surface area contributed by atoms with Gasteiger partial charge in [-0.15, -0.1) is 0 Å². The fraction of sp³-hybridized carbons (Fsp3) is 0.240. The molecule has 164 valence electrons. The van der Waals surface area contributed by atoms with Gasteiger partial charge >= 0.3 is 0 Å². The SMILES string of the molecule is C=C(C)/C=C\C(=C/N)c1nn(-c2ccccc2C)c2c1C(C)Cc1nc(NC(C)=O)sc1-2. The maximum absolute atomic E-state index is 11.6. The van der Waals surface area contributed by atoms with Crippen LogP contribution in [0, 0.1) is 6.92 Å². The van der Waals surface area contributed by atoms with Crippen molar-refractivity contribution in [1.29, 1.82) is 0 Å². The van der Waals surface area contributed by atoms with Crippen LogP contribution in [-0.2, 0) is 11.2 Å². The number of hydrogen-bond donors (Lipinski definition) is 2. The van der Waals surface area contributed by atoms with Crippen LogP contribution < -0.4 is 11.1 Å². The summed E-state index contributed by atoms with van der Waals surface area (Å²) in [7, 11) is 0. The molecule has 1 aliphatic carbocycles. The predicted molar refractivity (Wildman–Crippen MR) is 132 cm³/mol. The van der Waals surface area contributed by atoms with Crippen molar-refractivity contribution in [3.05, 3.63) is 77.3 Å². The summed E-state index contributed by atoms with van der Waals surface area (Å²) in [5.41, 5.74) is 14.0. The third kappa shape index (κ3) is 3.91. The number of amides is 1. The maximum Gasteiger partial charge on any atom is 0.223 e. The zero-order valence-electron chi connectivity index (χ0n) is 18.8. The average molecular weight is 446 g/mol. The van der Waals surface area contributed by atoms with Crippen LogP contribution in [0.4, 0.5) is 5.13 Å². The Bertz CT molecular complexity index is 1280. The molecule has 2 heterocycles. The predicted octanol–water partition coefficient (Wildman–Crippen LogP) is 5.35. The van der Waals surface area contributed by atoms with Gasteiger partial charge in [0.15, 0.2) is 5.13 Å². The minimum atomic E-state index is -0.129. The fourth-order valence-corrected chi connectivity index (χ4v) is 5.10. The first kappa shape index (κ1) is 21.8. The van der Waals surface area contributed by atoms with Gasteiger partial charge in [0.05, 0.1) is 27.6 Å². The summed E-state index contributed by atoms with van der Waals surface area (Å²) in [4.78, 5) is 17.4. The van der Waals surface area contributed by atoms with Crippen LogP contribution in [0.3, 0.4) is 0 Å². The lowest BCUT2D eigenvalue weighted by molar-refractivity contribution is -0.114. The molecule has 0 bridgehead atoms. The topological polar surface area (TPSA) is 85.8 Å². The Morgan fingerprint density at radius 3 is 2.72 bits per heavy atom. The number of nitrogens with one attached hydrogen (secondary N) is 1. The summed E-state index contributed by atoms with van der Waals surface area (Å²) >= 11 is 1.49. The molecule has 0 spiro atoms. The molecule has 0 aliphatic heterocycles. The van der Waals surface area contributed by atoms with Crippen LogP contribution in [-0.4, -0.2) is 20.7 Å². The Kier molecular flexibility index (Phi) is 5.84. The molecule has 1 aliphatic rings. The number of hydrogen-bond acceptors (Lipinski definition) is 5. The third-order valence-corrected chi connectivity index (χ3v) is 6.47. The van der Waals surface area contributed by atoms with E-state index >= 15 is 0 Å². The van der Waals surface area contributed by atoms with Crippen LogP contribution >= 0.6 is 11.3 Å². The Hall–Kier alpha value is -3.45. The van der Waals surface area contributed by atoms with Crippen molar-refractivity contribution >= 4 is 27.9 Å². The highest BCUT2D eigenvalue weighted by Gasteiger charge is 2.34. The van der Waals surface area contributed by atoms with E-state index in [1.165, 1.54) is 18.3 Å². The van der Waals surface area contributed by atoms with Crippen LogP contribution in [0.1, 0.15) is 49.2 Å². The van der Waals surface area contributed by atoms with Crippen LogP contribution in [0.2, 0.25) is 0 Å². The van der Waals surface area contributed by atoms with Gasteiger partial charge in [-0.2, -0.15) is 5.10 Å². The summed E-state index contributed by atoms with van der Waals surface area (Å²) in [6, 6.07) is 8.18. The van der Waals surface area contributed by atoms with E-state index in [0.717, 1.165) is 56.3 Å². The number of carbonyl (C=O) groups excluding carboxylic acids is 1. The summed E-state index contributed by atoms with van der Waals surface area (Å²) in [5, 5.41) is 8.52. The first-order chi connectivity index (χ1) is 15.3. The minimum absolute atomic E-state index is 0.129. The average Bonchev–Trinajstić information content (AvgIpc) is 3.30. The first-order valence-corrected chi connectivity index (χ1v) is 11.3. The smallest absolute Gasteiger partial charge is 0.223 e. The number of benzene rings is 1. The number of anilines is 1. The van der Waals surface area contributed by atoms with Crippen molar-refractivity contribution in [1.82, 2.24) is 14.8 Å². The normalized spacial score (nSPS) is 15.5. The van der Waals surface area contributed by atoms with Crippen LogP contribution in [0.25, 0.3) is 21.8 Å². The highest BCUT2D eigenvalue weighted by Crippen LogP contribution is 2.47. The standard InChI is InChI=1S/C25H27N5OS/c1-14(2)10-11-18(13-26)22-21-16(4)12-19-24(32-25(28-19)27-17(5)31)23(21)30(29-22)20-9-7-6-8-15(20)3/h6-11,13,16H,1,12,26H2,2-5H3,(H,27,28,31)/b11-10-,18-13+. The molecule has 2 aromatic heterocycles. The molecule has 3 aromatic rings. The van der Waals surface area contributed by atoms with Crippen molar-refractivity contribution in [2.24, 2.45) is 5.73 Å². The molecule has 1 aromatic carbocycles. The zero-order valence-corrected chi connectivity index (χ0v) is 19.6. The second-order valence-corrected chi connectivity index (χ2v) is 9.19. The van der Waals surface area contributed by atoms with Gasteiger partial charge in [-0.1, -0.05) is 60.8 Å². The molecular formula is C25H27N5OS. The molecule has 7 heteroatoms. The van der Waals surface area contributed by atoms with Crippen molar-refractivity contribution in [2.45, 2.75) is 40.0 Å². The maximum atomic E-state index is 11.6. The quantitative estimate of drug-likeness (QED) is 0.518. The van der Waals surface area contributed by atoms with E-state index in [0.29, 0.717) is 5.13 Å². The number of aryl methyl sites for hydroxylation is 1. The number of allylic oxidation sites excluding steroid dienone is 4. The fourth-order valence-electron chi connectivity index (χ4n) is 4.02. The number of rotatable bonds is 5. The highest BCUT2D eigenvalue weighted by atomic mass is 32.1. The molecule has 32 heavy (non-hydrogen) atoms. The molecule has 0 saturated carbocycles. The largest absolute Gasteiger partial charge is 0.404 e. The lowest BCUT2D eigenvalue weighted by Gasteiger charge is -2.20. The number of carbonyl (C=O) groups is 1. The third-order valence-electron chi connectivity index (χ3n) is 5.45. The van der Waals surface area contributed by atoms with Gasteiger partial charge in [0.2, 0.25) is 5.91 Å². The lowest BCUT2D eigenvalue weighted by atomic mass is 9.86. The molecule has 1 atom stereocenters. The number of nitrogens with zero attached hydrogens (tertiary/aromatic N) is 3. The second-order valence-electron chi connectivity index (χ2n) is 8.19. The van der Waals surface area contributed by atoms with Crippen molar-refractivity contribution < 1.29 is 4.79 Å². The number of aromatic nitrogens is 3. The van der Waals surface area contributed by atoms with Crippen molar-refractivity contribution in [3.8, 4) is 16.3 Å². The minimum Gasteiger partial charge on any atom is -0.404 e. The van der Waals surface area contributed by atoms with E-state index in [1.54, 1.807) is 6.20 Å². The molecule has 1 amide bonds. The molecule has 6 nitrogen and oxygen atoms in total. The van der Waals surface area contributed by atoms with Gasteiger partial charge < -0.3 is 11.1 Å². The summed E-state index contributed by atoms with van der Waals surface area (Å²) in [6.07, 6.45) is 6.28. The Labute approximate surface area is 192 Å². The van der Waals surface area contributed by atoms with Crippen molar-refractivity contribution in [3.63, 3.8) is 0 Å². The van der Waals surface area contributed by atoms with E-state index in [4.69, 9.17) is 15.8 Å². The van der Waals surface area contributed by atoms with E-state index in [2.05, 4.69) is 37.9 Å². The van der Waals surface area contributed by atoms with Crippen molar-refractivity contribution in [2.75, 3.05) is 5.32 Å². The lowest BCUT2D eigenvalue weighted by Crippen LogP contribution is -2.10. The number of nitrogens with two attached hydrogens (primary N) is 1. The number of para-hydroxylation sites is 1. The van der Waals surface area contributed by atoms with Gasteiger partial charge in [0, 0.05) is 24.3 Å². The van der Waals surface area contributed by atoms with E-state index in [9.17, 15) is 4.79 Å². The Balaban J connectivity index is 2.00. The van der Waals surface area contributed by atoms with Gasteiger partial charge in [0.25, 0.3) is 0 Å². The monoisotopic (exact) mass is 445 g/mol. The van der Waals surface area contributed by atoms with Crippen LogP contribution in [0.15, 0.2) is 54.8 Å². The molecule has 1 unspecified atom stereocenters. The van der Waals surface area contributed by atoms with E-state index < -0.39 is 0 Å². The number of thiazole rings is 1. The Morgan fingerprint density at radius 2 is 2.06 bits per heavy atom. The van der Waals surface area contributed by atoms with Gasteiger partial charge in [0.1, 0.15) is 0 Å². The molecule has 0 radical (unpaired) electrons. The molecular weight excluding hydrogens is 418 g/mol. The summed E-state index contributed by atoms with van der Waals surface area (Å²) < 4.78 is 2.00. The molecule has 3 N–H and O–H groups in total. The van der Waals surface area contributed by atoms with Crippen LogP contribution in [0.5, 0.6) is 0 Å².